The molecule has 0 saturated heterocycles. The van der Waals surface area contributed by atoms with Crippen molar-refractivity contribution in [2.45, 2.75) is 25.3 Å². The van der Waals surface area contributed by atoms with Gasteiger partial charge in [-0.05, 0) is 25.0 Å². The van der Waals surface area contributed by atoms with Gasteiger partial charge in [-0.25, -0.2) is 13.1 Å². The van der Waals surface area contributed by atoms with Crippen LogP contribution < -0.4 is 15.2 Å². The highest BCUT2D eigenvalue weighted by Gasteiger charge is 2.23. The SMILES string of the molecule is Nc1ccccc1OCCS(=O)(=O)NC1CCC1. The number of nitrogens with one attached hydrogen (secondary N) is 1. The van der Waals surface area contributed by atoms with Gasteiger partial charge >= 0.3 is 0 Å². The standard InChI is InChI=1S/C12H18N2O3S/c13-11-6-1-2-7-12(11)17-8-9-18(15,16)14-10-4-3-5-10/h1-2,6-7,10,14H,3-5,8-9,13H2. The van der Waals surface area contributed by atoms with Crippen molar-refractivity contribution in [3.8, 4) is 5.75 Å². The normalized spacial score (nSPS) is 16.2. The second-order valence-electron chi connectivity index (χ2n) is 4.45. The average Bonchev–Trinajstić information content (AvgIpc) is 2.27. The number of sulfonamides is 1. The summed E-state index contributed by atoms with van der Waals surface area (Å²) in [6.07, 6.45) is 2.97. The number of rotatable bonds is 6. The van der Waals surface area contributed by atoms with Crippen LogP contribution in [0.1, 0.15) is 19.3 Å². The van der Waals surface area contributed by atoms with Gasteiger partial charge in [-0.1, -0.05) is 18.6 Å². The van der Waals surface area contributed by atoms with Crippen LogP contribution in [0.5, 0.6) is 5.75 Å². The summed E-state index contributed by atoms with van der Waals surface area (Å²) in [5.41, 5.74) is 6.21. The molecule has 1 aromatic rings. The molecular weight excluding hydrogens is 252 g/mol. The molecule has 0 bridgehead atoms. The molecule has 0 aromatic heterocycles. The molecule has 0 heterocycles. The van der Waals surface area contributed by atoms with Gasteiger partial charge < -0.3 is 10.5 Å². The number of benzene rings is 1. The summed E-state index contributed by atoms with van der Waals surface area (Å²) in [6, 6.07) is 7.17. The molecule has 0 spiro atoms. The molecule has 1 fully saturated rings. The van der Waals surface area contributed by atoms with Gasteiger partial charge in [0.15, 0.2) is 0 Å². The van der Waals surface area contributed by atoms with Gasteiger partial charge in [0.25, 0.3) is 0 Å². The maximum absolute atomic E-state index is 11.7. The van der Waals surface area contributed by atoms with E-state index in [1.54, 1.807) is 24.3 Å². The molecule has 0 radical (unpaired) electrons. The first-order valence-corrected chi connectivity index (χ1v) is 7.69. The molecule has 6 heteroatoms. The van der Waals surface area contributed by atoms with Gasteiger partial charge in [-0.15, -0.1) is 0 Å². The molecule has 0 atom stereocenters. The Bertz CT molecular complexity index is 498. The Kier molecular flexibility index (Phi) is 4.08. The molecule has 100 valence electrons. The molecule has 1 aliphatic carbocycles. The van der Waals surface area contributed by atoms with Gasteiger partial charge in [0, 0.05) is 6.04 Å². The average molecular weight is 270 g/mol. The van der Waals surface area contributed by atoms with Crippen LogP contribution in [-0.4, -0.2) is 26.8 Å². The predicted octanol–water partition coefficient (Wildman–Crippen LogP) is 1.12. The van der Waals surface area contributed by atoms with E-state index in [4.69, 9.17) is 10.5 Å². The van der Waals surface area contributed by atoms with E-state index in [1.165, 1.54) is 0 Å². The van der Waals surface area contributed by atoms with E-state index in [2.05, 4.69) is 4.72 Å². The van der Waals surface area contributed by atoms with Crippen molar-refractivity contribution in [2.24, 2.45) is 0 Å². The van der Waals surface area contributed by atoms with Gasteiger partial charge in [-0.3, -0.25) is 0 Å². The Morgan fingerprint density at radius 1 is 1.33 bits per heavy atom. The minimum Gasteiger partial charge on any atom is -0.490 e. The zero-order valence-electron chi connectivity index (χ0n) is 10.1. The van der Waals surface area contributed by atoms with E-state index in [0.29, 0.717) is 11.4 Å². The maximum Gasteiger partial charge on any atom is 0.215 e. The number of ether oxygens (including phenoxy) is 1. The first kappa shape index (κ1) is 13.2. The van der Waals surface area contributed by atoms with Gasteiger partial charge in [0.05, 0.1) is 11.4 Å². The Balaban J connectivity index is 1.79. The fourth-order valence-electron chi connectivity index (χ4n) is 1.71. The zero-order chi connectivity index (χ0) is 13.0. The summed E-state index contributed by atoms with van der Waals surface area (Å²) >= 11 is 0. The Labute approximate surface area is 107 Å². The molecule has 0 amide bonds. The fourth-order valence-corrected chi connectivity index (χ4v) is 2.88. The number of para-hydroxylation sites is 2. The molecule has 1 aliphatic rings. The molecule has 5 nitrogen and oxygen atoms in total. The van der Waals surface area contributed by atoms with Crippen molar-refractivity contribution in [2.75, 3.05) is 18.1 Å². The second-order valence-corrected chi connectivity index (χ2v) is 6.32. The lowest BCUT2D eigenvalue weighted by Crippen LogP contribution is -2.41. The lowest BCUT2D eigenvalue weighted by Gasteiger charge is -2.26. The molecule has 0 aliphatic heterocycles. The molecule has 1 aromatic carbocycles. The monoisotopic (exact) mass is 270 g/mol. The molecule has 0 unspecified atom stereocenters. The lowest BCUT2D eigenvalue weighted by molar-refractivity contribution is 0.339. The minimum atomic E-state index is -3.24. The quantitative estimate of drug-likeness (QED) is 0.759. The summed E-state index contributed by atoms with van der Waals surface area (Å²) in [7, 11) is -3.24. The smallest absolute Gasteiger partial charge is 0.215 e. The van der Waals surface area contributed by atoms with Crippen molar-refractivity contribution in [3.63, 3.8) is 0 Å². The van der Waals surface area contributed by atoms with Crippen molar-refractivity contribution in [1.82, 2.24) is 4.72 Å². The van der Waals surface area contributed by atoms with Crippen molar-refractivity contribution >= 4 is 15.7 Å². The van der Waals surface area contributed by atoms with Gasteiger partial charge in [0.1, 0.15) is 12.4 Å². The second kappa shape index (κ2) is 5.58. The number of hydrogen-bond donors (Lipinski definition) is 2. The number of nitrogen functional groups attached to an aromatic ring is 1. The van der Waals surface area contributed by atoms with Crippen LogP contribution in [-0.2, 0) is 10.0 Å². The van der Waals surface area contributed by atoms with Crippen LogP contribution >= 0.6 is 0 Å². The third kappa shape index (κ3) is 3.61. The van der Waals surface area contributed by atoms with Crippen LogP contribution in [0.2, 0.25) is 0 Å². The van der Waals surface area contributed by atoms with Crippen LogP contribution in [0.4, 0.5) is 5.69 Å². The Morgan fingerprint density at radius 2 is 2.06 bits per heavy atom. The third-order valence-corrected chi connectivity index (χ3v) is 4.38. The largest absolute Gasteiger partial charge is 0.490 e. The van der Waals surface area contributed by atoms with Crippen LogP contribution in [0, 0.1) is 0 Å². The van der Waals surface area contributed by atoms with Crippen molar-refractivity contribution in [3.05, 3.63) is 24.3 Å². The van der Waals surface area contributed by atoms with Crippen LogP contribution in [0.15, 0.2) is 24.3 Å². The summed E-state index contributed by atoms with van der Waals surface area (Å²) < 4.78 is 31.4. The van der Waals surface area contributed by atoms with Gasteiger partial charge in [0.2, 0.25) is 10.0 Å². The Hall–Kier alpha value is -1.27. The summed E-state index contributed by atoms with van der Waals surface area (Å²) in [5, 5.41) is 0. The number of hydrogen-bond acceptors (Lipinski definition) is 4. The lowest BCUT2D eigenvalue weighted by atomic mass is 9.94. The minimum absolute atomic E-state index is 0.0438. The Morgan fingerprint density at radius 3 is 2.67 bits per heavy atom. The van der Waals surface area contributed by atoms with Crippen molar-refractivity contribution in [1.29, 1.82) is 0 Å². The highest BCUT2D eigenvalue weighted by Crippen LogP contribution is 2.20. The number of nitrogens with two attached hydrogens (primary N) is 1. The predicted molar refractivity (Wildman–Crippen MR) is 70.9 cm³/mol. The van der Waals surface area contributed by atoms with Crippen molar-refractivity contribution < 1.29 is 13.2 Å². The number of anilines is 1. The first-order chi connectivity index (χ1) is 8.57. The summed E-state index contributed by atoms with van der Waals surface area (Å²) in [5.74, 6) is 0.481. The van der Waals surface area contributed by atoms with E-state index >= 15 is 0 Å². The maximum atomic E-state index is 11.7. The van der Waals surface area contributed by atoms with E-state index in [0.717, 1.165) is 19.3 Å². The summed E-state index contributed by atoms with van der Waals surface area (Å²) in [6.45, 7) is 0.107. The highest BCUT2D eigenvalue weighted by atomic mass is 32.2. The molecule has 1 saturated carbocycles. The summed E-state index contributed by atoms with van der Waals surface area (Å²) in [4.78, 5) is 0. The van der Waals surface area contributed by atoms with Crippen LogP contribution in [0.25, 0.3) is 0 Å². The molecule has 3 N–H and O–H groups in total. The molecular formula is C12H18N2O3S. The molecule has 2 rings (SSSR count). The van der Waals surface area contributed by atoms with E-state index in [9.17, 15) is 8.42 Å². The topological polar surface area (TPSA) is 81.4 Å². The van der Waals surface area contributed by atoms with E-state index < -0.39 is 10.0 Å². The highest BCUT2D eigenvalue weighted by molar-refractivity contribution is 7.89. The molecule has 18 heavy (non-hydrogen) atoms. The van der Waals surface area contributed by atoms with Crippen LogP contribution in [0.3, 0.4) is 0 Å². The van der Waals surface area contributed by atoms with E-state index in [1.807, 2.05) is 0 Å². The zero-order valence-corrected chi connectivity index (χ0v) is 10.9. The fraction of sp³-hybridized carbons (Fsp3) is 0.500. The first-order valence-electron chi connectivity index (χ1n) is 6.04. The van der Waals surface area contributed by atoms with E-state index in [-0.39, 0.29) is 18.4 Å². The van der Waals surface area contributed by atoms with Gasteiger partial charge in [-0.2, -0.15) is 0 Å². The third-order valence-electron chi connectivity index (χ3n) is 2.98.